The van der Waals surface area contributed by atoms with E-state index in [4.69, 9.17) is 0 Å². The molecule has 0 saturated carbocycles. The summed E-state index contributed by atoms with van der Waals surface area (Å²) < 4.78 is 1.25. The molecule has 0 aliphatic carbocycles. The fourth-order valence-electron chi connectivity index (χ4n) is 1.55. The molecule has 0 bridgehead atoms. The Balaban J connectivity index is 1.99. The zero-order valence-electron chi connectivity index (χ0n) is 9.56. The number of benzene rings is 1. The van der Waals surface area contributed by atoms with Gasteiger partial charge in [-0.2, -0.15) is 11.8 Å². The Hall–Kier alpha value is -0.740. The van der Waals surface area contributed by atoms with Crippen LogP contribution in [0.4, 0.5) is 5.13 Å². The van der Waals surface area contributed by atoms with Crippen LogP contribution in [0.5, 0.6) is 0 Å². The van der Waals surface area contributed by atoms with Crippen LogP contribution in [0.2, 0.25) is 0 Å². The lowest BCUT2D eigenvalue weighted by atomic mass is 10.2. The Labute approximate surface area is 104 Å². The van der Waals surface area contributed by atoms with Crippen molar-refractivity contribution in [2.45, 2.75) is 6.92 Å². The molecule has 0 saturated heterocycles. The third-order valence-corrected chi connectivity index (χ3v) is 4.24. The molecule has 16 heavy (non-hydrogen) atoms. The van der Waals surface area contributed by atoms with Gasteiger partial charge in [-0.1, -0.05) is 30.4 Å². The third kappa shape index (κ3) is 2.89. The van der Waals surface area contributed by atoms with Gasteiger partial charge in [0.2, 0.25) is 0 Å². The molecule has 2 nitrogen and oxygen atoms in total. The predicted molar refractivity (Wildman–Crippen MR) is 75.7 cm³/mol. The van der Waals surface area contributed by atoms with Gasteiger partial charge in [0.25, 0.3) is 0 Å². The van der Waals surface area contributed by atoms with E-state index in [-0.39, 0.29) is 0 Å². The molecule has 0 spiro atoms. The molecule has 4 heteroatoms. The monoisotopic (exact) mass is 252 g/mol. The van der Waals surface area contributed by atoms with Crippen LogP contribution in [0.25, 0.3) is 10.2 Å². The molecular weight excluding hydrogens is 236 g/mol. The van der Waals surface area contributed by atoms with Gasteiger partial charge in [-0.05, 0) is 30.1 Å². The number of nitrogens with one attached hydrogen (secondary N) is 1. The number of hydrogen-bond acceptors (Lipinski definition) is 4. The van der Waals surface area contributed by atoms with Gasteiger partial charge in [0.05, 0.1) is 10.2 Å². The maximum absolute atomic E-state index is 4.55. The van der Waals surface area contributed by atoms with Gasteiger partial charge >= 0.3 is 0 Å². The average molecular weight is 252 g/mol. The second kappa shape index (κ2) is 5.55. The average Bonchev–Trinajstić information content (AvgIpc) is 2.69. The summed E-state index contributed by atoms with van der Waals surface area (Å²) in [6.45, 7) is 3.26. The summed E-state index contributed by atoms with van der Waals surface area (Å²) in [6.07, 6.45) is 2.15. The second-order valence-corrected chi connectivity index (χ2v) is 5.87. The molecule has 0 amide bonds. The number of hydrogen-bond donors (Lipinski definition) is 1. The van der Waals surface area contributed by atoms with E-state index in [0.29, 0.717) is 5.92 Å². The third-order valence-electron chi connectivity index (χ3n) is 2.35. The first kappa shape index (κ1) is 11.7. The number of thiazole rings is 1. The van der Waals surface area contributed by atoms with Crippen molar-refractivity contribution in [3.63, 3.8) is 0 Å². The number of nitrogens with zero attached hydrogens (tertiary/aromatic N) is 1. The lowest BCUT2D eigenvalue weighted by Gasteiger charge is -2.09. The Morgan fingerprint density at radius 2 is 2.25 bits per heavy atom. The summed E-state index contributed by atoms with van der Waals surface area (Å²) in [7, 11) is 0. The van der Waals surface area contributed by atoms with E-state index in [0.717, 1.165) is 17.2 Å². The second-order valence-electron chi connectivity index (χ2n) is 3.93. The Kier molecular flexibility index (Phi) is 4.07. The topological polar surface area (TPSA) is 24.9 Å². The first-order chi connectivity index (χ1) is 7.79. The first-order valence-corrected chi connectivity index (χ1v) is 7.59. The number of aromatic nitrogens is 1. The fraction of sp³-hybridized carbons (Fsp3) is 0.417. The molecule has 0 radical (unpaired) electrons. The van der Waals surface area contributed by atoms with Crippen molar-refractivity contribution in [3.8, 4) is 0 Å². The van der Waals surface area contributed by atoms with Crippen LogP contribution >= 0.6 is 23.1 Å². The van der Waals surface area contributed by atoms with Crippen molar-refractivity contribution < 1.29 is 0 Å². The summed E-state index contributed by atoms with van der Waals surface area (Å²) in [4.78, 5) is 4.55. The number of rotatable bonds is 5. The van der Waals surface area contributed by atoms with E-state index in [2.05, 4.69) is 41.7 Å². The van der Waals surface area contributed by atoms with Gasteiger partial charge in [0.15, 0.2) is 5.13 Å². The SMILES string of the molecule is CSCC(C)CNc1nc2ccccc2s1. The minimum atomic E-state index is 0.682. The minimum absolute atomic E-state index is 0.682. The minimum Gasteiger partial charge on any atom is -0.361 e. The van der Waals surface area contributed by atoms with E-state index in [9.17, 15) is 0 Å². The quantitative estimate of drug-likeness (QED) is 0.878. The maximum Gasteiger partial charge on any atom is 0.183 e. The number of anilines is 1. The van der Waals surface area contributed by atoms with Gasteiger partial charge in [0.1, 0.15) is 0 Å². The van der Waals surface area contributed by atoms with Crippen LogP contribution in [0.1, 0.15) is 6.92 Å². The van der Waals surface area contributed by atoms with E-state index in [1.807, 2.05) is 17.8 Å². The van der Waals surface area contributed by atoms with Gasteiger partial charge in [-0.15, -0.1) is 0 Å². The highest BCUT2D eigenvalue weighted by Gasteiger charge is 2.04. The van der Waals surface area contributed by atoms with Crippen LogP contribution in [0.15, 0.2) is 24.3 Å². The van der Waals surface area contributed by atoms with Crippen molar-refractivity contribution in [1.82, 2.24) is 4.98 Å². The van der Waals surface area contributed by atoms with Crippen LogP contribution in [-0.2, 0) is 0 Å². The van der Waals surface area contributed by atoms with Gasteiger partial charge in [-0.3, -0.25) is 0 Å². The molecule has 1 N–H and O–H groups in total. The maximum atomic E-state index is 4.55. The fourth-order valence-corrected chi connectivity index (χ4v) is 3.11. The molecule has 0 aliphatic heterocycles. The van der Waals surface area contributed by atoms with Crippen LogP contribution < -0.4 is 5.32 Å². The molecule has 1 heterocycles. The summed E-state index contributed by atoms with van der Waals surface area (Å²) in [5.74, 6) is 1.87. The molecule has 2 rings (SSSR count). The van der Waals surface area contributed by atoms with Crippen LogP contribution in [-0.4, -0.2) is 23.5 Å². The zero-order valence-corrected chi connectivity index (χ0v) is 11.2. The van der Waals surface area contributed by atoms with E-state index < -0.39 is 0 Å². The molecule has 2 aromatic rings. The summed E-state index contributed by atoms with van der Waals surface area (Å²) in [6, 6.07) is 8.26. The van der Waals surface area contributed by atoms with Crippen molar-refractivity contribution in [1.29, 1.82) is 0 Å². The van der Waals surface area contributed by atoms with Crippen molar-refractivity contribution in [2.24, 2.45) is 5.92 Å². The Morgan fingerprint density at radius 1 is 1.44 bits per heavy atom. The van der Waals surface area contributed by atoms with Crippen LogP contribution in [0.3, 0.4) is 0 Å². The lowest BCUT2D eigenvalue weighted by molar-refractivity contribution is 0.701. The largest absolute Gasteiger partial charge is 0.361 e. The van der Waals surface area contributed by atoms with E-state index >= 15 is 0 Å². The number of thioether (sulfide) groups is 1. The number of fused-ring (bicyclic) bond motifs is 1. The summed E-state index contributed by atoms with van der Waals surface area (Å²) in [5, 5.41) is 4.45. The predicted octanol–water partition coefficient (Wildman–Crippen LogP) is 3.71. The Morgan fingerprint density at radius 3 is 3.00 bits per heavy atom. The zero-order chi connectivity index (χ0) is 11.4. The summed E-state index contributed by atoms with van der Waals surface area (Å²) in [5.41, 5.74) is 1.09. The highest BCUT2D eigenvalue weighted by Crippen LogP contribution is 2.25. The standard InChI is InChI=1S/C12H16N2S2/c1-9(8-15-2)7-13-12-14-10-5-3-4-6-11(10)16-12/h3-6,9H,7-8H2,1-2H3,(H,13,14). The summed E-state index contributed by atoms with van der Waals surface area (Å²) >= 11 is 3.62. The molecule has 1 aromatic heterocycles. The number of para-hydroxylation sites is 1. The molecular formula is C12H16N2S2. The van der Waals surface area contributed by atoms with E-state index in [1.165, 1.54) is 10.5 Å². The Bertz CT molecular complexity index is 420. The smallest absolute Gasteiger partial charge is 0.183 e. The van der Waals surface area contributed by atoms with Gasteiger partial charge < -0.3 is 5.32 Å². The highest BCUT2D eigenvalue weighted by molar-refractivity contribution is 7.98. The molecule has 0 aliphatic rings. The first-order valence-electron chi connectivity index (χ1n) is 5.38. The molecule has 1 unspecified atom stereocenters. The molecule has 1 atom stereocenters. The molecule has 1 aromatic carbocycles. The van der Waals surface area contributed by atoms with Crippen molar-refractivity contribution >= 4 is 38.4 Å². The van der Waals surface area contributed by atoms with Gasteiger partial charge in [0, 0.05) is 6.54 Å². The van der Waals surface area contributed by atoms with Crippen LogP contribution in [0, 0.1) is 5.92 Å². The normalized spacial score (nSPS) is 12.9. The molecule has 0 fully saturated rings. The molecule has 86 valence electrons. The van der Waals surface area contributed by atoms with Crippen molar-refractivity contribution in [2.75, 3.05) is 23.9 Å². The van der Waals surface area contributed by atoms with E-state index in [1.54, 1.807) is 11.3 Å². The van der Waals surface area contributed by atoms with Crippen molar-refractivity contribution in [3.05, 3.63) is 24.3 Å². The highest BCUT2D eigenvalue weighted by atomic mass is 32.2. The lowest BCUT2D eigenvalue weighted by Crippen LogP contribution is -2.12. The van der Waals surface area contributed by atoms with Gasteiger partial charge in [-0.25, -0.2) is 4.98 Å².